The Morgan fingerprint density at radius 3 is 2.67 bits per heavy atom. The van der Waals surface area contributed by atoms with Crippen molar-refractivity contribution in [3.05, 3.63) is 59.0 Å². The van der Waals surface area contributed by atoms with Crippen LogP contribution in [0, 0.1) is 17.7 Å². The molecule has 1 fully saturated rings. The fourth-order valence-corrected chi connectivity index (χ4v) is 4.26. The molecule has 0 aliphatic carbocycles. The number of aromatic nitrogens is 3. The first-order chi connectivity index (χ1) is 17.2. The largest absolute Gasteiger partial charge is 0.465 e. The van der Waals surface area contributed by atoms with Crippen LogP contribution in [-0.4, -0.2) is 51.5 Å². The van der Waals surface area contributed by atoms with Gasteiger partial charge in [-0.1, -0.05) is 13.8 Å². The molecule has 1 aliphatic heterocycles. The molecule has 0 bridgehead atoms. The standard InChI is InChI=1S/C23H25F2N6O5/c1-11(2)18-13(19(29-23(33)34)17-5-4-6-36-17)9-31-20(18)21(26-10-27-31)28-16-7-12(22(32)30-35-3)14(24)8-15(16)25/h7-11,17,29H,4-6H2,1-3H3,(H,30,32)(H,33,34)(H,26,27,28). The number of nitrogens with zero attached hydrogens (tertiary/aromatic N) is 3. The number of carboxylic acid groups (broad SMARTS) is 1. The average molecular weight is 503 g/mol. The maximum atomic E-state index is 14.7. The molecule has 2 aromatic heterocycles. The van der Waals surface area contributed by atoms with Crippen molar-refractivity contribution >= 4 is 29.0 Å². The van der Waals surface area contributed by atoms with Gasteiger partial charge in [0.1, 0.15) is 29.5 Å². The number of carbonyl (C=O) groups is 2. The fraction of sp³-hybridized carbons (Fsp3) is 0.348. The SMILES string of the molecule is CONC(=O)c1cc(Nc2ncnn3cc([C](NC(=O)O)C4CCCO4)c(C(C)C)c23)c(F)cc1F. The fourth-order valence-electron chi connectivity index (χ4n) is 4.26. The van der Waals surface area contributed by atoms with Crippen LogP contribution in [0.1, 0.15) is 54.1 Å². The highest BCUT2D eigenvalue weighted by Gasteiger charge is 2.34. The highest BCUT2D eigenvalue weighted by Crippen LogP contribution is 2.37. The van der Waals surface area contributed by atoms with Crippen LogP contribution in [0.4, 0.5) is 25.1 Å². The molecule has 3 heterocycles. The molecule has 1 unspecified atom stereocenters. The first-order valence-electron chi connectivity index (χ1n) is 11.2. The van der Waals surface area contributed by atoms with Crippen LogP contribution in [-0.2, 0) is 9.57 Å². The molecule has 0 spiro atoms. The number of fused-ring (bicyclic) bond motifs is 1. The minimum Gasteiger partial charge on any atom is -0.465 e. The van der Waals surface area contributed by atoms with E-state index in [-0.39, 0.29) is 17.4 Å². The number of carbonyl (C=O) groups excluding carboxylic acids is 1. The van der Waals surface area contributed by atoms with E-state index >= 15 is 0 Å². The molecule has 11 nitrogen and oxygen atoms in total. The zero-order chi connectivity index (χ0) is 26.0. The molecule has 1 radical (unpaired) electrons. The van der Waals surface area contributed by atoms with Gasteiger partial charge in [-0.25, -0.2) is 28.6 Å². The van der Waals surface area contributed by atoms with Crippen LogP contribution in [0.3, 0.4) is 0 Å². The number of rotatable bonds is 8. The van der Waals surface area contributed by atoms with E-state index in [0.717, 1.165) is 12.5 Å². The van der Waals surface area contributed by atoms with Crippen LogP contribution in [0.25, 0.3) is 5.52 Å². The smallest absolute Gasteiger partial charge is 0.405 e. The van der Waals surface area contributed by atoms with E-state index in [0.29, 0.717) is 41.8 Å². The van der Waals surface area contributed by atoms with Crippen molar-refractivity contribution in [3.8, 4) is 0 Å². The highest BCUT2D eigenvalue weighted by molar-refractivity contribution is 5.95. The summed E-state index contributed by atoms with van der Waals surface area (Å²) in [6.45, 7) is 4.33. The molecule has 0 saturated carbocycles. The molecular formula is C23H25F2N6O5. The predicted octanol–water partition coefficient (Wildman–Crippen LogP) is 3.49. The van der Waals surface area contributed by atoms with Gasteiger partial charge in [0.2, 0.25) is 0 Å². The molecule has 2 amide bonds. The van der Waals surface area contributed by atoms with Crippen LogP contribution in [0.2, 0.25) is 0 Å². The number of anilines is 2. The summed E-state index contributed by atoms with van der Waals surface area (Å²) in [5.41, 5.74) is 3.07. The van der Waals surface area contributed by atoms with Crippen molar-refractivity contribution in [2.75, 3.05) is 19.0 Å². The van der Waals surface area contributed by atoms with Gasteiger partial charge in [-0.15, -0.1) is 0 Å². The number of amides is 2. The third-order valence-corrected chi connectivity index (χ3v) is 5.72. The first-order valence-corrected chi connectivity index (χ1v) is 11.2. The molecule has 36 heavy (non-hydrogen) atoms. The Kier molecular flexibility index (Phi) is 7.31. The van der Waals surface area contributed by atoms with Gasteiger partial charge in [0.05, 0.1) is 24.5 Å². The van der Waals surface area contributed by atoms with Gasteiger partial charge in [0, 0.05) is 24.4 Å². The summed E-state index contributed by atoms with van der Waals surface area (Å²) in [4.78, 5) is 32.5. The van der Waals surface area contributed by atoms with Crippen LogP contribution >= 0.6 is 0 Å². The Balaban J connectivity index is 1.83. The van der Waals surface area contributed by atoms with Gasteiger partial charge in [-0.05, 0) is 30.4 Å². The molecule has 4 rings (SSSR count). The maximum Gasteiger partial charge on any atom is 0.405 e. The minimum atomic E-state index is -1.23. The zero-order valence-electron chi connectivity index (χ0n) is 19.8. The summed E-state index contributed by atoms with van der Waals surface area (Å²) in [7, 11) is 1.19. The molecule has 13 heteroatoms. The lowest BCUT2D eigenvalue weighted by Crippen LogP contribution is -2.36. The number of benzene rings is 1. The normalized spacial score (nSPS) is 15.6. The van der Waals surface area contributed by atoms with Crippen molar-refractivity contribution in [2.24, 2.45) is 0 Å². The number of halogens is 2. The second kappa shape index (κ2) is 10.4. The molecule has 1 atom stereocenters. The molecule has 4 N–H and O–H groups in total. The summed E-state index contributed by atoms with van der Waals surface area (Å²) in [6.07, 6.45) is 2.64. The highest BCUT2D eigenvalue weighted by atomic mass is 19.1. The van der Waals surface area contributed by atoms with E-state index in [2.05, 4.69) is 25.6 Å². The third-order valence-electron chi connectivity index (χ3n) is 5.72. The monoisotopic (exact) mass is 503 g/mol. The van der Waals surface area contributed by atoms with Crippen molar-refractivity contribution in [2.45, 2.75) is 38.7 Å². The van der Waals surface area contributed by atoms with Crippen molar-refractivity contribution in [1.82, 2.24) is 25.4 Å². The van der Waals surface area contributed by atoms with Crippen molar-refractivity contribution < 1.29 is 33.1 Å². The Morgan fingerprint density at radius 2 is 2.03 bits per heavy atom. The average Bonchev–Trinajstić information content (AvgIpc) is 3.48. The van der Waals surface area contributed by atoms with Gasteiger partial charge in [0.25, 0.3) is 5.91 Å². The molecule has 191 valence electrons. The summed E-state index contributed by atoms with van der Waals surface area (Å²) in [5.74, 6) is -2.87. The van der Waals surface area contributed by atoms with Crippen molar-refractivity contribution in [3.63, 3.8) is 0 Å². The predicted molar refractivity (Wildman–Crippen MR) is 124 cm³/mol. The van der Waals surface area contributed by atoms with E-state index in [1.165, 1.54) is 18.0 Å². The minimum absolute atomic E-state index is 0.135. The van der Waals surface area contributed by atoms with Gasteiger partial charge in [-0.3, -0.25) is 9.63 Å². The number of nitrogens with one attached hydrogen (secondary N) is 3. The summed E-state index contributed by atoms with van der Waals surface area (Å²) < 4.78 is 36.2. The van der Waals surface area contributed by atoms with E-state index < -0.39 is 35.3 Å². The number of hydrogen-bond donors (Lipinski definition) is 4. The molecule has 1 aromatic carbocycles. The zero-order valence-corrected chi connectivity index (χ0v) is 19.8. The van der Waals surface area contributed by atoms with Gasteiger partial charge >= 0.3 is 6.09 Å². The third kappa shape index (κ3) is 4.93. The summed E-state index contributed by atoms with van der Waals surface area (Å²) in [6, 6.07) is 1.97. The van der Waals surface area contributed by atoms with E-state index in [1.807, 2.05) is 19.3 Å². The lowest BCUT2D eigenvalue weighted by Gasteiger charge is -2.23. The second-order valence-corrected chi connectivity index (χ2v) is 8.43. The van der Waals surface area contributed by atoms with E-state index in [4.69, 9.17) is 4.74 Å². The van der Waals surface area contributed by atoms with Gasteiger partial charge < -0.3 is 20.5 Å². The summed E-state index contributed by atoms with van der Waals surface area (Å²) >= 11 is 0. The quantitative estimate of drug-likeness (QED) is 0.343. The van der Waals surface area contributed by atoms with Gasteiger partial charge in [0.15, 0.2) is 5.82 Å². The van der Waals surface area contributed by atoms with Gasteiger partial charge in [-0.2, -0.15) is 5.10 Å². The Labute approximate surface area is 204 Å². The van der Waals surface area contributed by atoms with Crippen molar-refractivity contribution in [1.29, 1.82) is 0 Å². The first kappa shape index (κ1) is 25.3. The summed E-state index contributed by atoms with van der Waals surface area (Å²) in [5, 5.41) is 19.0. The topological polar surface area (TPSA) is 139 Å². The van der Waals surface area contributed by atoms with Crippen LogP contribution in [0.5, 0.6) is 0 Å². The van der Waals surface area contributed by atoms with Crippen LogP contribution < -0.4 is 16.1 Å². The maximum absolute atomic E-state index is 14.7. The molecule has 1 aliphatic rings. The second-order valence-electron chi connectivity index (χ2n) is 8.43. The van der Waals surface area contributed by atoms with Crippen LogP contribution in [0.15, 0.2) is 24.7 Å². The Morgan fingerprint density at radius 1 is 1.25 bits per heavy atom. The number of ether oxygens (including phenoxy) is 1. The lowest BCUT2D eigenvalue weighted by atomic mass is 9.92. The number of hydroxylamine groups is 1. The Bertz CT molecular complexity index is 1290. The molecular weight excluding hydrogens is 478 g/mol. The number of hydrogen-bond acceptors (Lipinski definition) is 7. The molecule has 3 aromatic rings. The lowest BCUT2D eigenvalue weighted by molar-refractivity contribution is 0.0533. The van der Waals surface area contributed by atoms with E-state index in [9.17, 15) is 23.5 Å². The molecule has 1 saturated heterocycles. The Hall–Kier alpha value is -3.84. The van der Waals surface area contributed by atoms with E-state index in [1.54, 1.807) is 6.20 Å².